The summed E-state index contributed by atoms with van der Waals surface area (Å²) in [5, 5.41) is 15.4. The molecule has 162 valence electrons. The highest BCUT2D eigenvalue weighted by molar-refractivity contribution is 6.01. The largest absolute Gasteiger partial charge is 0.394 e. The van der Waals surface area contributed by atoms with Crippen LogP contribution in [0.5, 0.6) is 5.75 Å². The molecule has 0 aliphatic carbocycles. The summed E-state index contributed by atoms with van der Waals surface area (Å²) >= 11 is 0. The van der Waals surface area contributed by atoms with Crippen molar-refractivity contribution in [2.75, 3.05) is 24.5 Å². The number of nitrogens with zero attached hydrogens (tertiary/aromatic N) is 5. The third kappa shape index (κ3) is 4.85. The summed E-state index contributed by atoms with van der Waals surface area (Å²) in [6.07, 6.45) is 6.67. The first-order chi connectivity index (χ1) is 15.7. The number of anilines is 1. The molecule has 0 fully saturated rings. The summed E-state index contributed by atoms with van der Waals surface area (Å²) in [6, 6.07) is 13.3. The van der Waals surface area contributed by atoms with Crippen LogP contribution in [0, 0.1) is 11.3 Å². The van der Waals surface area contributed by atoms with Crippen molar-refractivity contribution in [3.05, 3.63) is 74.7 Å². The Kier molecular flexibility index (Phi) is 6.59. The fraction of sp³-hybridized carbons (Fsp3) is 0.333. The maximum absolute atomic E-state index is 12.6. The van der Waals surface area contributed by atoms with Crippen molar-refractivity contribution in [3.63, 3.8) is 0 Å². The quantitative estimate of drug-likeness (QED) is 0.177. The fourth-order valence-electron chi connectivity index (χ4n) is 4.43. The number of carbonyl (C=O) groups excluding carboxylic acids is 1. The van der Waals surface area contributed by atoms with Gasteiger partial charge >= 0.3 is 0 Å². The van der Waals surface area contributed by atoms with Crippen molar-refractivity contribution in [3.8, 4) is 11.8 Å². The molecule has 2 aromatic rings. The highest BCUT2D eigenvalue weighted by Crippen LogP contribution is 2.36. The summed E-state index contributed by atoms with van der Waals surface area (Å²) in [5.41, 5.74) is 14.3. The van der Waals surface area contributed by atoms with E-state index in [2.05, 4.69) is 32.5 Å². The Morgan fingerprint density at radius 3 is 2.53 bits per heavy atom. The maximum atomic E-state index is 12.6. The zero-order valence-electron chi connectivity index (χ0n) is 17.8. The minimum atomic E-state index is -0.371. The lowest BCUT2D eigenvalue weighted by Crippen LogP contribution is -2.34. The number of nitrogens with one attached hydrogen (secondary N) is 1. The molecular formula is C24H24N6O2. The molecule has 0 atom stereocenters. The standard InChI is InChI=1S/C24H24N6O2/c25-16-21(24(31)27-10-9-17-5-7-22(8-6-17)32-29-28-26)15-18-13-19-3-1-11-30-12-2-4-20(14-18)23(19)30/h5-8,13-15H,1-4,9-12H2,(H,27,31)/b21-15-. The summed E-state index contributed by atoms with van der Waals surface area (Å²) in [6.45, 7) is 2.63. The van der Waals surface area contributed by atoms with Gasteiger partial charge in [0.15, 0.2) is 0 Å². The highest BCUT2D eigenvalue weighted by Gasteiger charge is 2.24. The van der Waals surface area contributed by atoms with Crippen molar-refractivity contribution in [1.82, 2.24) is 5.32 Å². The van der Waals surface area contributed by atoms with E-state index in [0.717, 1.165) is 49.9 Å². The first-order valence-electron chi connectivity index (χ1n) is 10.8. The molecule has 0 bridgehead atoms. The zero-order chi connectivity index (χ0) is 22.3. The summed E-state index contributed by atoms with van der Waals surface area (Å²) in [7, 11) is 0. The number of hydrogen-bond donors (Lipinski definition) is 1. The number of benzene rings is 2. The minimum absolute atomic E-state index is 0.110. The molecule has 0 unspecified atom stereocenters. The number of azide groups is 1. The molecule has 0 saturated carbocycles. The van der Waals surface area contributed by atoms with E-state index in [4.69, 9.17) is 10.4 Å². The Morgan fingerprint density at radius 1 is 1.22 bits per heavy atom. The van der Waals surface area contributed by atoms with Crippen molar-refractivity contribution in [2.45, 2.75) is 32.1 Å². The Labute approximate surface area is 186 Å². The van der Waals surface area contributed by atoms with Gasteiger partial charge in [-0.25, -0.2) is 0 Å². The second kappa shape index (κ2) is 9.90. The van der Waals surface area contributed by atoms with E-state index in [9.17, 15) is 10.1 Å². The van der Waals surface area contributed by atoms with Crippen molar-refractivity contribution in [2.24, 2.45) is 5.28 Å². The second-order valence-corrected chi connectivity index (χ2v) is 7.96. The number of rotatable bonds is 7. The van der Waals surface area contributed by atoms with Crippen molar-refractivity contribution >= 4 is 17.7 Å². The van der Waals surface area contributed by atoms with Gasteiger partial charge in [0.05, 0.1) is 0 Å². The van der Waals surface area contributed by atoms with E-state index < -0.39 is 0 Å². The number of nitriles is 1. The van der Waals surface area contributed by atoms with Crippen LogP contribution in [0.4, 0.5) is 5.69 Å². The molecule has 0 radical (unpaired) electrons. The van der Waals surface area contributed by atoms with Gasteiger partial charge < -0.3 is 15.1 Å². The SMILES string of the molecule is N#C/C(=C/c1cc2c3c(c1)CCCN3CCC2)C(=O)NCCc1ccc(ON=[N+]=[N-])cc1. The van der Waals surface area contributed by atoms with Crippen LogP contribution in [0.3, 0.4) is 0 Å². The molecule has 1 amide bonds. The third-order valence-corrected chi connectivity index (χ3v) is 5.84. The molecule has 2 aliphatic heterocycles. The molecule has 8 nitrogen and oxygen atoms in total. The summed E-state index contributed by atoms with van der Waals surface area (Å²) < 4.78 is 0. The molecular weight excluding hydrogens is 404 g/mol. The second-order valence-electron chi connectivity index (χ2n) is 7.96. The van der Waals surface area contributed by atoms with Gasteiger partial charge in [-0.05, 0) is 90.2 Å². The Balaban J connectivity index is 1.40. The van der Waals surface area contributed by atoms with Gasteiger partial charge in [-0.2, -0.15) is 5.26 Å². The molecule has 2 aromatic carbocycles. The van der Waals surface area contributed by atoms with Gasteiger partial charge in [0.2, 0.25) is 0 Å². The molecule has 0 spiro atoms. The van der Waals surface area contributed by atoms with Crippen LogP contribution in [-0.2, 0) is 24.1 Å². The number of hydrogen-bond acceptors (Lipinski definition) is 5. The lowest BCUT2D eigenvalue weighted by Gasteiger charge is -2.37. The molecule has 2 aliphatic rings. The van der Waals surface area contributed by atoms with Gasteiger partial charge in [-0.1, -0.05) is 12.1 Å². The van der Waals surface area contributed by atoms with Crippen molar-refractivity contribution < 1.29 is 9.63 Å². The molecule has 0 aromatic heterocycles. The molecule has 2 heterocycles. The molecule has 8 heteroatoms. The van der Waals surface area contributed by atoms with Gasteiger partial charge in [0.25, 0.3) is 5.91 Å². The highest BCUT2D eigenvalue weighted by atomic mass is 16.6. The third-order valence-electron chi connectivity index (χ3n) is 5.84. The molecule has 0 saturated heterocycles. The lowest BCUT2D eigenvalue weighted by atomic mass is 9.89. The fourth-order valence-corrected chi connectivity index (χ4v) is 4.43. The average Bonchev–Trinajstić information content (AvgIpc) is 2.82. The van der Waals surface area contributed by atoms with Gasteiger partial charge in [0, 0.05) is 30.2 Å². The zero-order valence-corrected chi connectivity index (χ0v) is 17.8. The first-order valence-corrected chi connectivity index (χ1v) is 10.8. The molecule has 1 N–H and O–H groups in total. The summed E-state index contributed by atoms with van der Waals surface area (Å²) in [5.74, 6) is 0.0706. The Hall–Kier alpha value is -3.95. The first kappa shape index (κ1) is 21.3. The average molecular weight is 428 g/mol. The van der Waals surface area contributed by atoms with E-state index in [1.807, 2.05) is 18.2 Å². The smallest absolute Gasteiger partial charge is 0.261 e. The van der Waals surface area contributed by atoms with Crippen LogP contribution in [0.25, 0.3) is 16.5 Å². The van der Waals surface area contributed by atoms with Crippen molar-refractivity contribution in [1.29, 1.82) is 5.26 Å². The lowest BCUT2D eigenvalue weighted by molar-refractivity contribution is -0.117. The predicted molar refractivity (Wildman–Crippen MR) is 122 cm³/mol. The van der Waals surface area contributed by atoms with Crippen LogP contribution in [-0.4, -0.2) is 25.5 Å². The van der Waals surface area contributed by atoms with Crippen LogP contribution < -0.4 is 15.1 Å². The van der Waals surface area contributed by atoms with Crippen LogP contribution in [0.2, 0.25) is 0 Å². The maximum Gasteiger partial charge on any atom is 0.261 e. The van der Waals surface area contributed by atoms with Crippen LogP contribution in [0.1, 0.15) is 35.1 Å². The van der Waals surface area contributed by atoms with E-state index in [1.54, 1.807) is 18.2 Å². The number of aryl methyl sites for hydroxylation is 2. The Bertz CT molecular complexity index is 1100. The molecule has 32 heavy (non-hydrogen) atoms. The minimum Gasteiger partial charge on any atom is -0.394 e. The topological polar surface area (TPSA) is 114 Å². The number of amides is 1. The number of carbonyl (C=O) groups is 1. The van der Waals surface area contributed by atoms with Gasteiger partial charge in [-0.3, -0.25) is 4.79 Å². The predicted octanol–water partition coefficient (Wildman–Crippen LogP) is 4.26. The van der Waals surface area contributed by atoms with E-state index in [1.165, 1.54) is 16.8 Å². The Morgan fingerprint density at radius 2 is 1.91 bits per heavy atom. The van der Waals surface area contributed by atoms with Gasteiger partial charge in [-0.15, -0.1) is 0 Å². The van der Waals surface area contributed by atoms with E-state index >= 15 is 0 Å². The normalized spacial score (nSPS) is 14.6. The van der Waals surface area contributed by atoms with E-state index in [0.29, 0.717) is 18.7 Å². The van der Waals surface area contributed by atoms with E-state index in [-0.39, 0.29) is 11.5 Å². The molecule has 4 rings (SSSR count). The monoisotopic (exact) mass is 428 g/mol. The van der Waals surface area contributed by atoms with Gasteiger partial charge in [0.1, 0.15) is 22.7 Å². The van der Waals surface area contributed by atoms with Crippen LogP contribution in [0.15, 0.2) is 47.2 Å². The summed E-state index contributed by atoms with van der Waals surface area (Å²) in [4.78, 5) is 22.4. The van der Waals surface area contributed by atoms with Crippen LogP contribution >= 0.6 is 0 Å².